The first kappa shape index (κ1) is 23.3. The standard InChI is InChI=1S/C26H28N4O4S/c1-19-25(27-26(31)21-10-11-21)24(34-28-19)14-9-20-7-12-23(13-8-20)35(32,33)30-17-15-29(16-18-30)22-5-3-2-4-6-22/h2-9,12-14,21H,10-11,15-18H2,1H3,(H,27,31). The average Bonchev–Trinajstić information content (AvgIpc) is 3.69. The highest BCUT2D eigenvalue weighted by molar-refractivity contribution is 7.89. The van der Waals surface area contributed by atoms with E-state index in [1.165, 1.54) is 0 Å². The zero-order chi connectivity index (χ0) is 24.4. The lowest BCUT2D eigenvalue weighted by Gasteiger charge is -2.35. The van der Waals surface area contributed by atoms with Crippen molar-refractivity contribution in [3.8, 4) is 0 Å². The smallest absolute Gasteiger partial charge is 0.243 e. The Morgan fingerprint density at radius 3 is 2.34 bits per heavy atom. The molecule has 182 valence electrons. The van der Waals surface area contributed by atoms with Crippen molar-refractivity contribution in [3.05, 3.63) is 71.6 Å². The van der Waals surface area contributed by atoms with E-state index in [0.29, 0.717) is 43.3 Å². The van der Waals surface area contributed by atoms with Gasteiger partial charge in [0.05, 0.1) is 4.90 Å². The van der Waals surface area contributed by atoms with Gasteiger partial charge in [-0.2, -0.15) is 4.31 Å². The van der Waals surface area contributed by atoms with E-state index in [1.807, 2.05) is 36.4 Å². The maximum Gasteiger partial charge on any atom is 0.243 e. The molecule has 3 aromatic rings. The van der Waals surface area contributed by atoms with E-state index in [-0.39, 0.29) is 16.7 Å². The highest BCUT2D eigenvalue weighted by atomic mass is 32.2. The van der Waals surface area contributed by atoms with Crippen LogP contribution in [0.3, 0.4) is 0 Å². The van der Waals surface area contributed by atoms with Gasteiger partial charge in [-0.15, -0.1) is 0 Å². The summed E-state index contributed by atoms with van der Waals surface area (Å²) in [5, 5.41) is 6.86. The number of benzene rings is 2. The summed E-state index contributed by atoms with van der Waals surface area (Å²) in [6, 6.07) is 16.8. The number of amides is 1. The molecule has 5 rings (SSSR count). The van der Waals surface area contributed by atoms with Crippen LogP contribution in [0, 0.1) is 12.8 Å². The van der Waals surface area contributed by atoms with Gasteiger partial charge in [-0.1, -0.05) is 41.6 Å². The fraction of sp³-hybridized carbons (Fsp3) is 0.308. The molecule has 0 atom stereocenters. The fourth-order valence-electron chi connectivity index (χ4n) is 4.12. The van der Waals surface area contributed by atoms with Gasteiger partial charge in [-0.05, 0) is 55.7 Å². The Labute approximate surface area is 205 Å². The first-order valence-electron chi connectivity index (χ1n) is 11.8. The monoisotopic (exact) mass is 492 g/mol. The number of carbonyl (C=O) groups is 1. The largest absolute Gasteiger partial charge is 0.369 e. The summed E-state index contributed by atoms with van der Waals surface area (Å²) >= 11 is 0. The van der Waals surface area contributed by atoms with E-state index in [0.717, 1.165) is 24.1 Å². The molecule has 1 aliphatic carbocycles. The van der Waals surface area contributed by atoms with Crippen LogP contribution in [0.15, 0.2) is 64.0 Å². The van der Waals surface area contributed by atoms with Gasteiger partial charge >= 0.3 is 0 Å². The van der Waals surface area contributed by atoms with E-state index in [4.69, 9.17) is 4.52 Å². The van der Waals surface area contributed by atoms with Gasteiger partial charge < -0.3 is 14.7 Å². The number of aryl methyl sites for hydroxylation is 1. The molecule has 9 heteroatoms. The minimum atomic E-state index is -3.56. The first-order valence-corrected chi connectivity index (χ1v) is 13.2. The Balaban J connectivity index is 1.24. The lowest BCUT2D eigenvalue weighted by atomic mass is 10.2. The molecule has 1 aliphatic heterocycles. The number of hydrogen-bond donors (Lipinski definition) is 1. The summed E-state index contributed by atoms with van der Waals surface area (Å²) in [6.45, 7) is 3.97. The zero-order valence-corrected chi connectivity index (χ0v) is 20.4. The van der Waals surface area contributed by atoms with Crippen LogP contribution in [-0.2, 0) is 14.8 Å². The van der Waals surface area contributed by atoms with Gasteiger partial charge in [0.15, 0.2) is 5.76 Å². The summed E-state index contributed by atoms with van der Waals surface area (Å²) in [4.78, 5) is 14.6. The van der Waals surface area contributed by atoms with E-state index < -0.39 is 10.0 Å². The number of aromatic nitrogens is 1. The van der Waals surface area contributed by atoms with E-state index in [2.05, 4.69) is 15.4 Å². The molecule has 0 unspecified atom stereocenters. The summed E-state index contributed by atoms with van der Waals surface area (Å²) in [5.41, 5.74) is 3.11. The van der Waals surface area contributed by atoms with Gasteiger partial charge in [-0.3, -0.25) is 4.79 Å². The van der Waals surface area contributed by atoms with Crippen molar-refractivity contribution >= 4 is 39.5 Å². The number of carbonyl (C=O) groups excluding carboxylic acids is 1. The molecule has 1 amide bonds. The SMILES string of the molecule is Cc1noc(C=Cc2ccc(S(=O)(=O)N3CCN(c4ccccc4)CC3)cc2)c1NC(=O)C1CC1. The van der Waals surface area contributed by atoms with Gasteiger partial charge in [0.25, 0.3) is 0 Å². The van der Waals surface area contributed by atoms with Crippen molar-refractivity contribution in [1.29, 1.82) is 0 Å². The molecule has 1 saturated heterocycles. The van der Waals surface area contributed by atoms with Crippen LogP contribution in [0.4, 0.5) is 11.4 Å². The van der Waals surface area contributed by atoms with E-state index >= 15 is 0 Å². The lowest BCUT2D eigenvalue weighted by molar-refractivity contribution is -0.117. The number of nitrogens with one attached hydrogen (secondary N) is 1. The van der Waals surface area contributed by atoms with E-state index in [1.54, 1.807) is 41.6 Å². The molecule has 8 nitrogen and oxygen atoms in total. The van der Waals surface area contributed by atoms with Gasteiger partial charge in [0.2, 0.25) is 15.9 Å². The molecule has 0 spiro atoms. The first-order chi connectivity index (χ1) is 16.9. The van der Waals surface area contributed by atoms with Crippen LogP contribution in [0.5, 0.6) is 0 Å². The maximum absolute atomic E-state index is 13.2. The van der Waals surface area contributed by atoms with Crippen molar-refractivity contribution in [3.63, 3.8) is 0 Å². The Kier molecular flexibility index (Phi) is 6.44. The van der Waals surface area contributed by atoms with Gasteiger partial charge in [0, 0.05) is 37.8 Å². The minimum absolute atomic E-state index is 0.00916. The molecule has 1 aromatic heterocycles. The fourth-order valence-corrected chi connectivity index (χ4v) is 5.54. The number of hydrogen-bond acceptors (Lipinski definition) is 6. The van der Waals surface area contributed by atoms with Crippen LogP contribution in [0.25, 0.3) is 12.2 Å². The second kappa shape index (κ2) is 9.67. The minimum Gasteiger partial charge on any atom is -0.369 e. The molecular weight excluding hydrogens is 464 g/mol. The molecular formula is C26H28N4O4S. The Bertz CT molecular complexity index is 1320. The number of para-hydroxylation sites is 1. The summed E-state index contributed by atoms with van der Waals surface area (Å²) in [5.74, 6) is 0.534. The summed E-state index contributed by atoms with van der Waals surface area (Å²) in [6.07, 6.45) is 5.37. The van der Waals surface area contributed by atoms with Crippen molar-refractivity contribution in [2.24, 2.45) is 5.92 Å². The number of rotatable bonds is 7. The third-order valence-corrected chi connectivity index (χ3v) is 8.30. The normalized spacial score (nSPS) is 17.1. The molecule has 1 N–H and O–H groups in total. The van der Waals surface area contributed by atoms with Crippen LogP contribution in [0.2, 0.25) is 0 Å². The molecule has 2 heterocycles. The number of anilines is 2. The second-order valence-electron chi connectivity index (χ2n) is 8.90. The summed E-state index contributed by atoms with van der Waals surface area (Å²) < 4.78 is 33.2. The van der Waals surface area contributed by atoms with Crippen molar-refractivity contribution < 1.29 is 17.7 Å². The number of piperazine rings is 1. The van der Waals surface area contributed by atoms with Crippen LogP contribution in [0.1, 0.15) is 29.9 Å². The molecule has 35 heavy (non-hydrogen) atoms. The molecule has 2 aromatic carbocycles. The third kappa shape index (κ3) is 5.16. The quantitative estimate of drug-likeness (QED) is 0.535. The zero-order valence-electron chi connectivity index (χ0n) is 19.6. The Hall–Kier alpha value is -3.43. The Morgan fingerprint density at radius 1 is 1.00 bits per heavy atom. The second-order valence-corrected chi connectivity index (χ2v) is 10.8. The molecule has 1 saturated carbocycles. The molecule has 2 aliphatic rings. The van der Waals surface area contributed by atoms with Crippen molar-refractivity contribution in [1.82, 2.24) is 9.46 Å². The third-order valence-electron chi connectivity index (χ3n) is 6.39. The highest BCUT2D eigenvalue weighted by Crippen LogP contribution is 2.32. The van der Waals surface area contributed by atoms with Gasteiger partial charge in [-0.25, -0.2) is 8.42 Å². The van der Waals surface area contributed by atoms with Gasteiger partial charge in [0.1, 0.15) is 11.4 Å². The van der Waals surface area contributed by atoms with Crippen LogP contribution < -0.4 is 10.2 Å². The maximum atomic E-state index is 13.2. The van der Waals surface area contributed by atoms with Crippen LogP contribution in [-0.4, -0.2) is 50.0 Å². The van der Waals surface area contributed by atoms with Crippen molar-refractivity contribution in [2.45, 2.75) is 24.7 Å². The van der Waals surface area contributed by atoms with E-state index in [9.17, 15) is 13.2 Å². The summed E-state index contributed by atoms with van der Waals surface area (Å²) in [7, 11) is -3.56. The van der Waals surface area contributed by atoms with Crippen LogP contribution >= 0.6 is 0 Å². The average molecular weight is 493 g/mol. The molecule has 0 radical (unpaired) electrons. The molecule has 2 fully saturated rings. The highest BCUT2D eigenvalue weighted by Gasteiger charge is 2.31. The Morgan fingerprint density at radius 2 is 1.69 bits per heavy atom. The predicted octanol–water partition coefficient (Wildman–Crippen LogP) is 4.01. The number of sulfonamides is 1. The topological polar surface area (TPSA) is 95.8 Å². The molecule has 0 bridgehead atoms. The van der Waals surface area contributed by atoms with Crippen molar-refractivity contribution in [2.75, 3.05) is 36.4 Å². The number of nitrogens with zero attached hydrogens (tertiary/aromatic N) is 3. The predicted molar refractivity (Wildman–Crippen MR) is 135 cm³/mol. The lowest BCUT2D eigenvalue weighted by Crippen LogP contribution is -2.48.